The first kappa shape index (κ1) is 9.86. The highest BCUT2D eigenvalue weighted by Gasteiger charge is 2.03. The van der Waals surface area contributed by atoms with Gasteiger partial charge in [0.15, 0.2) is 0 Å². The Hall–Kier alpha value is -1.68. The van der Waals surface area contributed by atoms with E-state index in [-0.39, 0.29) is 0 Å². The van der Waals surface area contributed by atoms with Crippen LogP contribution in [-0.2, 0) is 13.1 Å². The third kappa shape index (κ3) is 2.05. The van der Waals surface area contributed by atoms with Crippen molar-refractivity contribution in [3.05, 3.63) is 47.3 Å². The molecule has 2 N–H and O–H groups in total. The normalized spacial score (nSPS) is 10.5. The quantitative estimate of drug-likeness (QED) is 0.810. The van der Waals surface area contributed by atoms with E-state index in [1.165, 1.54) is 11.1 Å². The molecule has 1 aromatic carbocycles. The predicted octanol–water partition coefficient (Wildman–Crippen LogP) is 1.09. The van der Waals surface area contributed by atoms with E-state index in [0.717, 1.165) is 12.2 Å². The van der Waals surface area contributed by atoms with Gasteiger partial charge in [-0.1, -0.05) is 29.5 Å². The van der Waals surface area contributed by atoms with Crippen molar-refractivity contribution in [3.8, 4) is 0 Å². The molecule has 0 bridgehead atoms. The molecule has 0 amide bonds. The minimum atomic E-state index is 0.471. The van der Waals surface area contributed by atoms with E-state index in [9.17, 15) is 0 Å². The first-order chi connectivity index (χ1) is 7.31. The lowest BCUT2D eigenvalue weighted by Crippen LogP contribution is -2.10. The molecule has 15 heavy (non-hydrogen) atoms. The summed E-state index contributed by atoms with van der Waals surface area (Å²) >= 11 is 0. The molecule has 4 heteroatoms. The monoisotopic (exact) mass is 202 g/mol. The summed E-state index contributed by atoms with van der Waals surface area (Å²) in [5.41, 5.74) is 9.05. The van der Waals surface area contributed by atoms with Gasteiger partial charge in [-0.2, -0.15) is 0 Å². The van der Waals surface area contributed by atoms with Crippen LogP contribution in [0.3, 0.4) is 0 Å². The second-order valence-electron chi connectivity index (χ2n) is 3.51. The molecule has 0 atom stereocenters. The summed E-state index contributed by atoms with van der Waals surface area (Å²) in [7, 11) is 0. The molecule has 0 radical (unpaired) electrons. The van der Waals surface area contributed by atoms with Crippen LogP contribution in [0.4, 0.5) is 0 Å². The molecule has 78 valence electrons. The van der Waals surface area contributed by atoms with Crippen LogP contribution in [0.5, 0.6) is 0 Å². The smallest absolute Gasteiger partial charge is 0.0738 e. The van der Waals surface area contributed by atoms with Crippen molar-refractivity contribution in [1.82, 2.24) is 15.0 Å². The third-order valence-corrected chi connectivity index (χ3v) is 2.49. The maximum Gasteiger partial charge on any atom is 0.0738 e. The number of nitrogens with zero attached hydrogens (tertiary/aromatic N) is 3. The molecule has 1 aromatic heterocycles. The summed E-state index contributed by atoms with van der Waals surface area (Å²) in [4.78, 5) is 0. The molecule has 0 unspecified atom stereocenters. The lowest BCUT2D eigenvalue weighted by molar-refractivity contribution is 0.617. The Balaban J connectivity index is 2.26. The van der Waals surface area contributed by atoms with Crippen molar-refractivity contribution in [2.45, 2.75) is 20.0 Å². The Bertz CT molecular complexity index is 447. The highest BCUT2D eigenvalue weighted by molar-refractivity contribution is 5.25. The van der Waals surface area contributed by atoms with E-state index in [1.807, 2.05) is 16.8 Å². The zero-order chi connectivity index (χ0) is 10.7. The van der Waals surface area contributed by atoms with Gasteiger partial charge in [-0.15, -0.1) is 5.10 Å². The van der Waals surface area contributed by atoms with Crippen LogP contribution in [-0.4, -0.2) is 15.0 Å². The Kier molecular flexibility index (Phi) is 2.78. The fourth-order valence-electron chi connectivity index (χ4n) is 1.52. The summed E-state index contributed by atoms with van der Waals surface area (Å²) in [6, 6.07) is 8.25. The first-order valence-electron chi connectivity index (χ1n) is 4.93. The summed E-state index contributed by atoms with van der Waals surface area (Å²) < 4.78 is 1.84. The Labute approximate surface area is 88.7 Å². The van der Waals surface area contributed by atoms with E-state index in [2.05, 4.69) is 29.4 Å². The molecule has 0 fully saturated rings. The van der Waals surface area contributed by atoms with Crippen LogP contribution in [0, 0.1) is 6.92 Å². The van der Waals surface area contributed by atoms with Gasteiger partial charge in [-0.25, -0.2) is 4.68 Å². The van der Waals surface area contributed by atoms with Crippen molar-refractivity contribution in [1.29, 1.82) is 0 Å². The van der Waals surface area contributed by atoms with E-state index < -0.39 is 0 Å². The topological polar surface area (TPSA) is 56.7 Å². The summed E-state index contributed by atoms with van der Waals surface area (Å²) in [6.07, 6.45) is 1.71. The van der Waals surface area contributed by atoms with Gasteiger partial charge in [-0.05, 0) is 18.1 Å². The standard InChI is InChI=1S/C11H14N4/c1-9-4-2-3-5-10(9)8-15-11(6-12)7-13-14-15/h2-5,7H,6,8,12H2,1H3. The summed E-state index contributed by atoms with van der Waals surface area (Å²) in [5, 5.41) is 7.86. The van der Waals surface area contributed by atoms with Gasteiger partial charge in [0.1, 0.15) is 0 Å². The molecule has 0 spiro atoms. The number of aryl methyl sites for hydroxylation is 1. The molecular formula is C11H14N4. The van der Waals surface area contributed by atoms with Crippen molar-refractivity contribution in [2.75, 3.05) is 0 Å². The van der Waals surface area contributed by atoms with E-state index in [0.29, 0.717) is 6.54 Å². The Morgan fingerprint density at radius 1 is 1.33 bits per heavy atom. The molecule has 1 heterocycles. The van der Waals surface area contributed by atoms with Crippen LogP contribution in [0.15, 0.2) is 30.5 Å². The van der Waals surface area contributed by atoms with E-state index >= 15 is 0 Å². The van der Waals surface area contributed by atoms with Crippen LogP contribution in [0.25, 0.3) is 0 Å². The predicted molar refractivity (Wildman–Crippen MR) is 58.2 cm³/mol. The SMILES string of the molecule is Cc1ccccc1Cn1nncc1CN. The summed E-state index contributed by atoms with van der Waals surface area (Å²) in [5.74, 6) is 0. The van der Waals surface area contributed by atoms with Crippen molar-refractivity contribution >= 4 is 0 Å². The van der Waals surface area contributed by atoms with Gasteiger partial charge in [-0.3, -0.25) is 0 Å². The average Bonchev–Trinajstić information content (AvgIpc) is 2.69. The number of benzene rings is 1. The number of hydrogen-bond acceptors (Lipinski definition) is 3. The Morgan fingerprint density at radius 2 is 2.13 bits per heavy atom. The summed E-state index contributed by atoms with van der Waals surface area (Å²) in [6.45, 7) is 3.30. The van der Waals surface area contributed by atoms with Gasteiger partial charge < -0.3 is 5.73 Å². The average molecular weight is 202 g/mol. The van der Waals surface area contributed by atoms with Gasteiger partial charge in [0.25, 0.3) is 0 Å². The van der Waals surface area contributed by atoms with E-state index in [4.69, 9.17) is 5.73 Å². The molecule has 0 saturated carbocycles. The van der Waals surface area contributed by atoms with Crippen molar-refractivity contribution in [3.63, 3.8) is 0 Å². The lowest BCUT2D eigenvalue weighted by Gasteiger charge is -2.07. The van der Waals surface area contributed by atoms with Crippen molar-refractivity contribution < 1.29 is 0 Å². The maximum absolute atomic E-state index is 5.59. The first-order valence-corrected chi connectivity index (χ1v) is 4.93. The molecule has 0 aliphatic rings. The van der Waals surface area contributed by atoms with Crippen LogP contribution in [0.1, 0.15) is 16.8 Å². The molecule has 0 aliphatic carbocycles. The molecule has 0 aliphatic heterocycles. The fourth-order valence-corrected chi connectivity index (χ4v) is 1.52. The number of rotatable bonds is 3. The number of nitrogens with two attached hydrogens (primary N) is 1. The number of hydrogen-bond donors (Lipinski definition) is 1. The fraction of sp³-hybridized carbons (Fsp3) is 0.273. The minimum Gasteiger partial charge on any atom is -0.325 e. The largest absolute Gasteiger partial charge is 0.325 e. The molecule has 2 aromatic rings. The van der Waals surface area contributed by atoms with Gasteiger partial charge in [0.05, 0.1) is 18.4 Å². The second kappa shape index (κ2) is 4.23. The van der Waals surface area contributed by atoms with Gasteiger partial charge in [0, 0.05) is 6.54 Å². The highest BCUT2D eigenvalue weighted by Crippen LogP contribution is 2.09. The molecular weight excluding hydrogens is 188 g/mol. The maximum atomic E-state index is 5.59. The zero-order valence-corrected chi connectivity index (χ0v) is 8.72. The Morgan fingerprint density at radius 3 is 2.87 bits per heavy atom. The molecule has 4 nitrogen and oxygen atoms in total. The van der Waals surface area contributed by atoms with E-state index in [1.54, 1.807) is 6.20 Å². The van der Waals surface area contributed by atoms with Crippen molar-refractivity contribution in [2.24, 2.45) is 5.73 Å². The molecule has 0 saturated heterocycles. The van der Waals surface area contributed by atoms with Crippen LogP contribution >= 0.6 is 0 Å². The minimum absolute atomic E-state index is 0.471. The zero-order valence-electron chi connectivity index (χ0n) is 8.72. The van der Waals surface area contributed by atoms with Gasteiger partial charge >= 0.3 is 0 Å². The lowest BCUT2D eigenvalue weighted by atomic mass is 10.1. The highest BCUT2D eigenvalue weighted by atomic mass is 15.4. The van der Waals surface area contributed by atoms with Gasteiger partial charge in [0.2, 0.25) is 0 Å². The van der Waals surface area contributed by atoms with Crippen LogP contribution < -0.4 is 5.73 Å². The van der Waals surface area contributed by atoms with Crippen LogP contribution in [0.2, 0.25) is 0 Å². The number of aromatic nitrogens is 3. The third-order valence-electron chi connectivity index (χ3n) is 2.49. The second-order valence-corrected chi connectivity index (χ2v) is 3.51. The molecule has 2 rings (SSSR count).